The molecule has 2 atom stereocenters. The third-order valence-corrected chi connectivity index (χ3v) is 4.01. The molecule has 0 aromatic carbocycles. The van der Waals surface area contributed by atoms with Crippen LogP contribution in [0.25, 0.3) is 0 Å². The van der Waals surface area contributed by atoms with Crippen LogP contribution in [0.5, 0.6) is 0 Å². The summed E-state index contributed by atoms with van der Waals surface area (Å²) in [4.78, 5) is 16.5. The zero-order valence-corrected chi connectivity index (χ0v) is 10.6. The molecule has 3 rings (SSSR count). The number of nitrogens with zero attached hydrogens (tertiary/aromatic N) is 3. The van der Waals surface area contributed by atoms with Crippen LogP contribution in [0.2, 0.25) is 0 Å². The molecule has 0 bridgehead atoms. The number of rotatable bonds is 2. The summed E-state index contributed by atoms with van der Waals surface area (Å²) in [6, 6.07) is 3.63. The van der Waals surface area contributed by atoms with E-state index in [1.54, 1.807) is 6.07 Å². The molecular formula is C12H17N5O2. The maximum Gasteiger partial charge on any atom is 0.311 e. The van der Waals surface area contributed by atoms with Gasteiger partial charge in [-0.1, -0.05) is 0 Å². The van der Waals surface area contributed by atoms with E-state index in [0.717, 1.165) is 25.5 Å². The molecule has 2 saturated heterocycles. The zero-order valence-electron chi connectivity index (χ0n) is 10.6. The first kappa shape index (κ1) is 12.2. The van der Waals surface area contributed by atoms with Gasteiger partial charge in [-0.25, -0.2) is 4.98 Å². The van der Waals surface area contributed by atoms with Crippen LogP contribution < -0.4 is 16.0 Å². The van der Waals surface area contributed by atoms with Crippen molar-refractivity contribution in [1.29, 1.82) is 0 Å². The van der Waals surface area contributed by atoms with Gasteiger partial charge in [0.2, 0.25) is 5.82 Å². The lowest BCUT2D eigenvalue weighted by Gasteiger charge is -2.24. The van der Waals surface area contributed by atoms with Crippen LogP contribution in [0.4, 0.5) is 17.3 Å². The number of nitrogen functional groups attached to an aromatic ring is 1. The summed E-state index contributed by atoms with van der Waals surface area (Å²) in [5.41, 5.74) is 5.52. The van der Waals surface area contributed by atoms with E-state index >= 15 is 0 Å². The van der Waals surface area contributed by atoms with Crippen molar-refractivity contribution in [2.75, 3.05) is 30.3 Å². The molecule has 0 amide bonds. The van der Waals surface area contributed by atoms with Gasteiger partial charge in [-0.15, -0.1) is 0 Å². The number of hydrogen-bond donors (Lipinski definition) is 2. The molecule has 2 fully saturated rings. The number of anilines is 2. The number of aromatic nitrogens is 1. The Bertz CT molecular complexity index is 493. The molecule has 0 radical (unpaired) electrons. The molecule has 7 nitrogen and oxygen atoms in total. The average molecular weight is 263 g/mol. The van der Waals surface area contributed by atoms with E-state index in [-0.39, 0.29) is 11.5 Å². The molecule has 102 valence electrons. The second-order valence-electron chi connectivity index (χ2n) is 5.20. The van der Waals surface area contributed by atoms with Crippen LogP contribution in [0.15, 0.2) is 12.1 Å². The lowest BCUT2D eigenvalue weighted by atomic mass is 9.94. The van der Waals surface area contributed by atoms with Crippen LogP contribution in [0.3, 0.4) is 0 Å². The molecule has 7 heteroatoms. The fourth-order valence-electron chi connectivity index (χ4n) is 3.02. The largest absolute Gasteiger partial charge is 0.378 e. The van der Waals surface area contributed by atoms with E-state index in [9.17, 15) is 10.1 Å². The van der Waals surface area contributed by atoms with Crippen molar-refractivity contribution >= 4 is 17.3 Å². The number of nitrogens with two attached hydrogens (primary N) is 1. The monoisotopic (exact) mass is 263 g/mol. The van der Waals surface area contributed by atoms with Crippen LogP contribution >= 0.6 is 0 Å². The minimum Gasteiger partial charge on any atom is -0.378 e. The quantitative estimate of drug-likeness (QED) is 0.604. The fraction of sp³-hybridized carbons (Fsp3) is 0.583. The normalized spacial score (nSPS) is 26.2. The van der Waals surface area contributed by atoms with Crippen molar-refractivity contribution in [2.45, 2.75) is 18.9 Å². The fourth-order valence-corrected chi connectivity index (χ4v) is 3.02. The summed E-state index contributed by atoms with van der Waals surface area (Å²) in [7, 11) is 0. The van der Waals surface area contributed by atoms with E-state index in [4.69, 9.17) is 5.73 Å². The van der Waals surface area contributed by atoms with Gasteiger partial charge in [0.1, 0.15) is 5.82 Å². The molecule has 1 aromatic rings. The second-order valence-corrected chi connectivity index (χ2v) is 5.20. The zero-order chi connectivity index (χ0) is 13.4. The maximum absolute atomic E-state index is 10.7. The first-order chi connectivity index (χ1) is 9.15. The van der Waals surface area contributed by atoms with Gasteiger partial charge in [0.15, 0.2) is 0 Å². The van der Waals surface area contributed by atoms with Gasteiger partial charge in [0.25, 0.3) is 0 Å². The molecule has 0 spiro atoms. The van der Waals surface area contributed by atoms with Gasteiger partial charge < -0.3 is 16.0 Å². The molecule has 3 N–H and O–H groups in total. The summed E-state index contributed by atoms with van der Waals surface area (Å²) in [6.45, 7) is 2.92. The molecule has 3 heterocycles. The number of hydrogen-bond acceptors (Lipinski definition) is 6. The van der Waals surface area contributed by atoms with E-state index < -0.39 is 4.92 Å². The third-order valence-electron chi connectivity index (χ3n) is 4.01. The summed E-state index contributed by atoms with van der Waals surface area (Å²) < 4.78 is 0. The van der Waals surface area contributed by atoms with Crippen molar-refractivity contribution in [2.24, 2.45) is 5.92 Å². The lowest BCUT2D eigenvalue weighted by molar-refractivity contribution is -0.384. The third kappa shape index (κ3) is 2.21. The van der Waals surface area contributed by atoms with Crippen molar-refractivity contribution in [1.82, 2.24) is 10.3 Å². The molecule has 0 saturated carbocycles. The maximum atomic E-state index is 10.7. The summed E-state index contributed by atoms with van der Waals surface area (Å²) in [6.07, 6.45) is 2.45. The van der Waals surface area contributed by atoms with Gasteiger partial charge in [-0.05, 0) is 31.4 Å². The van der Waals surface area contributed by atoms with Crippen LogP contribution in [-0.4, -0.2) is 35.6 Å². The SMILES string of the molecule is Nc1nc(N2C[C@@H]3CCCN[C@@H]3C2)ccc1[N+](=O)[O-]. The molecule has 0 aliphatic carbocycles. The standard InChI is InChI=1S/C12H17N5O2/c13-12-10(17(18)19)3-4-11(15-12)16-6-8-2-1-5-14-9(8)7-16/h3-4,8-9,14H,1-2,5-7H2,(H2,13,15)/t8-,9+/m0/s1. The first-order valence-electron chi connectivity index (χ1n) is 6.54. The summed E-state index contributed by atoms with van der Waals surface area (Å²) in [5.74, 6) is 1.37. The molecule has 19 heavy (non-hydrogen) atoms. The highest BCUT2D eigenvalue weighted by molar-refractivity contribution is 5.58. The lowest BCUT2D eigenvalue weighted by Crippen LogP contribution is -2.40. The molecule has 1 aromatic heterocycles. The van der Waals surface area contributed by atoms with Crippen LogP contribution in [0.1, 0.15) is 12.8 Å². The van der Waals surface area contributed by atoms with Gasteiger partial charge >= 0.3 is 5.69 Å². The minimum atomic E-state index is -0.503. The highest BCUT2D eigenvalue weighted by Crippen LogP contribution is 2.30. The second kappa shape index (κ2) is 4.65. The van der Waals surface area contributed by atoms with Gasteiger partial charge in [-0.3, -0.25) is 10.1 Å². The summed E-state index contributed by atoms with van der Waals surface area (Å²) in [5, 5.41) is 14.2. The Balaban J connectivity index is 1.80. The van der Waals surface area contributed by atoms with Gasteiger partial charge in [0.05, 0.1) is 4.92 Å². The van der Waals surface area contributed by atoms with Crippen LogP contribution in [-0.2, 0) is 0 Å². The van der Waals surface area contributed by atoms with Crippen molar-refractivity contribution in [3.63, 3.8) is 0 Å². The Morgan fingerprint density at radius 1 is 1.47 bits per heavy atom. The van der Waals surface area contributed by atoms with E-state index in [0.29, 0.717) is 12.0 Å². The highest BCUT2D eigenvalue weighted by atomic mass is 16.6. The number of nitrogens with one attached hydrogen (secondary N) is 1. The number of piperidine rings is 1. The van der Waals surface area contributed by atoms with E-state index in [1.807, 2.05) is 0 Å². The van der Waals surface area contributed by atoms with Crippen molar-refractivity contribution in [3.8, 4) is 0 Å². The van der Waals surface area contributed by atoms with Gasteiger partial charge in [-0.2, -0.15) is 0 Å². The molecular weight excluding hydrogens is 246 g/mol. The highest BCUT2D eigenvalue weighted by Gasteiger charge is 2.35. The topological polar surface area (TPSA) is 97.3 Å². The first-order valence-corrected chi connectivity index (χ1v) is 6.54. The predicted octanol–water partition coefficient (Wildman–Crippen LogP) is 0.760. The number of fused-ring (bicyclic) bond motifs is 1. The Hall–Kier alpha value is -1.89. The van der Waals surface area contributed by atoms with Crippen molar-refractivity contribution in [3.05, 3.63) is 22.2 Å². The smallest absolute Gasteiger partial charge is 0.311 e. The van der Waals surface area contributed by atoms with Crippen molar-refractivity contribution < 1.29 is 4.92 Å². The average Bonchev–Trinajstić information content (AvgIpc) is 2.81. The Morgan fingerprint density at radius 3 is 3.00 bits per heavy atom. The Morgan fingerprint density at radius 2 is 2.32 bits per heavy atom. The predicted molar refractivity (Wildman–Crippen MR) is 72.0 cm³/mol. The minimum absolute atomic E-state index is 0.00895. The Kier molecular flexibility index (Phi) is 2.98. The molecule has 2 aliphatic heterocycles. The van der Waals surface area contributed by atoms with E-state index in [2.05, 4.69) is 15.2 Å². The van der Waals surface area contributed by atoms with E-state index in [1.165, 1.54) is 18.9 Å². The number of pyridine rings is 1. The Labute approximate surface area is 110 Å². The molecule has 2 aliphatic rings. The number of nitro groups is 1. The van der Waals surface area contributed by atoms with Gasteiger partial charge in [0, 0.05) is 25.2 Å². The molecule has 0 unspecified atom stereocenters. The van der Waals surface area contributed by atoms with Crippen LogP contribution in [0, 0.1) is 16.0 Å². The summed E-state index contributed by atoms with van der Waals surface area (Å²) >= 11 is 0.